The maximum Gasteiger partial charge on any atom is 0.292 e. The molecule has 0 spiro atoms. The fourth-order valence-corrected chi connectivity index (χ4v) is 2.63. The van der Waals surface area contributed by atoms with Crippen molar-refractivity contribution in [3.8, 4) is 0 Å². The van der Waals surface area contributed by atoms with Gasteiger partial charge in [-0.2, -0.15) is 0 Å². The molecule has 0 saturated carbocycles. The number of anilines is 1. The van der Waals surface area contributed by atoms with Crippen LogP contribution in [0.4, 0.5) is 11.4 Å². The van der Waals surface area contributed by atoms with Crippen molar-refractivity contribution in [2.45, 2.75) is 6.92 Å². The summed E-state index contributed by atoms with van der Waals surface area (Å²) in [6.45, 7) is 9.08. The third-order valence-corrected chi connectivity index (χ3v) is 3.97. The van der Waals surface area contributed by atoms with Crippen LogP contribution in [0.15, 0.2) is 29.3 Å². The first-order valence-corrected chi connectivity index (χ1v) is 9.00. The van der Waals surface area contributed by atoms with Crippen LogP contribution in [0.5, 0.6) is 0 Å². The molecular weight excluding hydrogens is 463 g/mol. The van der Waals surface area contributed by atoms with Crippen LogP contribution in [0.1, 0.15) is 6.92 Å². The number of ether oxygens (including phenoxy) is 1. The van der Waals surface area contributed by atoms with E-state index in [4.69, 9.17) is 4.74 Å². The predicted octanol–water partition coefficient (Wildman–Crippen LogP) is 1.51. The van der Waals surface area contributed by atoms with E-state index in [9.17, 15) is 10.1 Å². The van der Waals surface area contributed by atoms with E-state index in [2.05, 4.69) is 25.8 Å². The number of nitro groups is 1. The number of guanidine groups is 1. The lowest BCUT2D eigenvalue weighted by atomic mass is 10.2. The smallest absolute Gasteiger partial charge is 0.292 e. The van der Waals surface area contributed by atoms with Gasteiger partial charge >= 0.3 is 0 Å². The lowest BCUT2D eigenvalue weighted by Gasteiger charge is -2.25. The largest absolute Gasteiger partial charge is 0.379 e. The highest BCUT2D eigenvalue weighted by Gasteiger charge is 2.11. The number of para-hydroxylation sites is 2. The number of nitrogens with one attached hydrogen (secondary N) is 3. The number of hydrogen-bond donors (Lipinski definition) is 3. The first-order chi connectivity index (χ1) is 12.7. The van der Waals surface area contributed by atoms with Crippen molar-refractivity contribution in [3.05, 3.63) is 34.4 Å². The SMILES string of the molecule is CCNC(=NCCN1CCOCC1)NCCNc1ccccc1[N+](=O)[O-].I. The third-order valence-electron chi connectivity index (χ3n) is 3.97. The molecule has 1 heterocycles. The Labute approximate surface area is 177 Å². The molecule has 9 nitrogen and oxygen atoms in total. The Morgan fingerprint density at radius 2 is 2.00 bits per heavy atom. The van der Waals surface area contributed by atoms with E-state index in [0.29, 0.717) is 25.3 Å². The van der Waals surface area contributed by atoms with Gasteiger partial charge in [-0.15, -0.1) is 24.0 Å². The highest BCUT2D eigenvalue weighted by Crippen LogP contribution is 2.22. The summed E-state index contributed by atoms with van der Waals surface area (Å²) in [4.78, 5) is 17.5. The predicted molar refractivity (Wildman–Crippen MR) is 118 cm³/mol. The Hall–Kier alpha value is -1.66. The van der Waals surface area contributed by atoms with Gasteiger partial charge in [-0.25, -0.2) is 0 Å². The third kappa shape index (κ3) is 8.71. The van der Waals surface area contributed by atoms with Gasteiger partial charge in [0.2, 0.25) is 0 Å². The number of halogens is 1. The maximum atomic E-state index is 11.0. The van der Waals surface area contributed by atoms with Crippen molar-refractivity contribution < 1.29 is 9.66 Å². The van der Waals surface area contributed by atoms with Gasteiger partial charge in [-0.05, 0) is 13.0 Å². The van der Waals surface area contributed by atoms with E-state index < -0.39 is 0 Å². The Bertz CT molecular complexity index is 596. The quantitative estimate of drug-likeness (QED) is 0.120. The zero-order chi connectivity index (χ0) is 18.6. The fourth-order valence-electron chi connectivity index (χ4n) is 2.63. The summed E-state index contributed by atoms with van der Waals surface area (Å²) in [6.07, 6.45) is 0. The number of nitrogens with zero attached hydrogens (tertiary/aromatic N) is 3. The molecular formula is C17H29IN6O3. The summed E-state index contributed by atoms with van der Waals surface area (Å²) in [5.41, 5.74) is 0.604. The molecule has 27 heavy (non-hydrogen) atoms. The highest BCUT2D eigenvalue weighted by molar-refractivity contribution is 14.0. The van der Waals surface area contributed by atoms with Gasteiger partial charge in [0, 0.05) is 45.3 Å². The Morgan fingerprint density at radius 3 is 2.70 bits per heavy atom. The molecule has 152 valence electrons. The van der Waals surface area contributed by atoms with Gasteiger partial charge in [0.1, 0.15) is 5.69 Å². The monoisotopic (exact) mass is 492 g/mol. The van der Waals surface area contributed by atoms with Gasteiger partial charge in [0.15, 0.2) is 5.96 Å². The van der Waals surface area contributed by atoms with Crippen molar-refractivity contribution in [2.24, 2.45) is 4.99 Å². The van der Waals surface area contributed by atoms with Gasteiger partial charge in [0.05, 0.1) is 24.7 Å². The molecule has 2 rings (SSSR count). The van der Waals surface area contributed by atoms with Crippen molar-refractivity contribution in [1.82, 2.24) is 15.5 Å². The zero-order valence-electron chi connectivity index (χ0n) is 15.6. The molecule has 1 aliphatic heterocycles. The molecule has 0 amide bonds. The molecule has 1 aromatic carbocycles. The van der Waals surface area contributed by atoms with E-state index in [1.807, 2.05) is 6.92 Å². The first kappa shape index (κ1) is 23.4. The number of hydrogen-bond acceptors (Lipinski definition) is 6. The van der Waals surface area contributed by atoms with Crippen LogP contribution >= 0.6 is 24.0 Å². The van der Waals surface area contributed by atoms with Crippen LogP contribution in [0.25, 0.3) is 0 Å². The second-order valence-corrected chi connectivity index (χ2v) is 5.84. The second kappa shape index (κ2) is 13.5. The number of morpholine rings is 1. The Morgan fingerprint density at radius 1 is 1.26 bits per heavy atom. The van der Waals surface area contributed by atoms with Crippen LogP contribution < -0.4 is 16.0 Å². The molecule has 1 saturated heterocycles. The lowest BCUT2D eigenvalue weighted by Crippen LogP contribution is -2.41. The summed E-state index contributed by atoms with van der Waals surface area (Å²) >= 11 is 0. The molecule has 0 bridgehead atoms. The number of nitro benzene ring substituents is 1. The van der Waals surface area contributed by atoms with E-state index in [1.54, 1.807) is 18.2 Å². The normalized spacial score (nSPS) is 14.9. The minimum absolute atomic E-state index is 0. The van der Waals surface area contributed by atoms with Crippen molar-refractivity contribution in [2.75, 3.05) is 64.3 Å². The summed E-state index contributed by atoms with van der Waals surface area (Å²) in [7, 11) is 0. The Balaban J connectivity index is 0.00000364. The number of rotatable bonds is 9. The molecule has 0 atom stereocenters. The van der Waals surface area contributed by atoms with Crippen LogP contribution in [0, 0.1) is 10.1 Å². The summed E-state index contributed by atoms with van der Waals surface area (Å²) in [6, 6.07) is 6.64. The fraction of sp³-hybridized carbons (Fsp3) is 0.588. The van der Waals surface area contributed by atoms with Crippen molar-refractivity contribution >= 4 is 41.3 Å². The van der Waals surface area contributed by atoms with Gasteiger partial charge in [0.25, 0.3) is 5.69 Å². The van der Waals surface area contributed by atoms with Crippen LogP contribution in [-0.2, 0) is 4.74 Å². The standard InChI is InChI=1S/C17H28N6O3.HI/c1-2-18-17(21-9-10-22-11-13-26-14-12-22)20-8-7-19-15-5-3-4-6-16(15)23(24)25;/h3-6,19H,2,7-14H2,1H3,(H2,18,20,21);1H. The summed E-state index contributed by atoms with van der Waals surface area (Å²) in [5, 5.41) is 20.5. The zero-order valence-corrected chi connectivity index (χ0v) is 18.0. The van der Waals surface area contributed by atoms with E-state index in [-0.39, 0.29) is 34.6 Å². The molecule has 10 heteroatoms. The lowest BCUT2D eigenvalue weighted by molar-refractivity contribution is -0.384. The first-order valence-electron chi connectivity index (χ1n) is 9.00. The van der Waals surface area contributed by atoms with Crippen molar-refractivity contribution in [1.29, 1.82) is 0 Å². The van der Waals surface area contributed by atoms with Crippen LogP contribution in [0.3, 0.4) is 0 Å². The molecule has 0 unspecified atom stereocenters. The van der Waals surface area contributed by atoms with E-state index in [0.717, 1.165) is 45.4 Å². The number of aliphatic imine (C=N–C) groups is 1. The number of benzene rings is 1. The average molecular weight is 492 g/mol. The summed E-state index contributed by atoms with van der Waals surface area (Å²) in [5.74, 6) is 0.755. The van der Waals surface area contributed by atoms with Crippen LogP contribution in [0.2, 0.25) is 0 Å². The Kier molecular flexibility index (Phi) is 11.7. The van der Waals surface area contributed by atoms with Gasteiger partial charge in [-0.1, -0.05) is 12.1 Å². The molecule has 1 aliphatic rings. The molecule has 1 aromatic rings. The van der Waals surface area contributed by atoms with Gasteiger partial charge in [-0.3, -0.25) is 20.0 Å². The average Bonchev–Trinajstić information content (AvgIpc) is 2.66. The minimum atomic E-state index is -0.382. The summed E-state index contributed by atoms with van der Waals surface area (Å²) < 4.78 is 5.34. The molecule has 1 fully saturated rings. The van der Waals surface area contributed by atoms with Gasteiger partial charge < -0.3 is 20.7 Å². The molecule has 0 aromatic heterocycles. The van der Waals surface area contributed by atoms with E-state index in [1.165, 1.54) is 6.07 Å². The topological polar surface area (TPSA) is 104 Å². The molecule has 0 radical (unpaired) electrons. The van der Waals surface area contributed by atoms with E-state index >= 15 is 0 Å². The van der Waals surface area contributed by atoms with Crippen molar-refractivity contribution in [3.63, 3.8) is 0 Å². The maximum absolute atomic E-state index is 11.0. The highest BCUT2D eigenvalue weighted by atomic mass is 127. The van der Waals surface area contributed by atoms with Crippen LogP contribution in [-0.4, -0.2) is 74.8 Å². The second-order valence-electron chi connectivity index (χ2n) is 5.84. The molecule has 3 N–H and O–H groups in total. The minimum Gasteiger partial charge on any atom is -0.379 e. The molecule has 0 aliphatic carbocycles.